The van der Waals surface area contributed by atoms with Crippen molar-refractivity contribution in [1.29, 1.82) is 0 Å². The molecule has 0 spiro atoms. The van der Waals surface area contributed by atoms with Gasteiger partial charge in [0.2, 0.25) is 5.91 Å². The van der Waals surface area contributed by atoms with Crippen molar-refractivity contribution in [1.82, 2.24) is 35.1 Å². The Morgan fingerprint density at radius 2 is 1.97 bits per heavy atom. The minimum Gasteiger partial charge on any atom is -0.335 e. The number of benzene rings is 1. The summed E-state index contributed by atoms with van der Waals surface area (Å²) >= 11 is 0. The van der Waals surface area contributed by atoms with E-state index in [1.165, 1.54) is 0 Å². The molecule has 7 rings (SSSR count). The number of carbonyl (C=O) groups is 1. The van der Waals surface area contributed by atoms with Crippen molar-refractivity contribution in [3.63, 3.8) is 0 Å². The average Bonchev–Trinajstić information content (AvgIpc) is 3.59. The summed E-state index contributed by atoms with van der Waals surface area (Å²) in [5, 5.41) is 11.5. The lowest BCUT2D eigenvalue weighted by Crippen LogP contribution is -2.13. The van der Waals surface area contributed by atoms with E-state index in [4.69, 9.17) is 4.98 Å². The van der Waals surface area contributed by atoms with Crippen LogP contribution in [0.4, 0.5) is 5.69 Å². The maximum absolute atomic E-state index is 12.4. The normalized spacial score (nSPS) is 13.3. The Balaban J connectivity index is 1.30. The van der Waals surface area contributed by atoms with Gasteiger partial charge in [0.1, 0.15) is 11.2 Å². The molecule has 1 saturated carbocycles. The third-order valence-electron chi connectivity index (χ3n) is 6.93. The van der Waals surface area contributed by atoms with E-state index in [0.29, 0.717) is 11.5 Å². The number of carbonyl (C=O) groups excluding carboxylic acids is 1. The second-order valence-electron chi connectivity index (χ2n) is 9.61. The van der Waals surface area contributed by atoms with Crippen LogP contribution in [0.3, 0.4) is 0 Å². The number of aromatic nitrogens is 7. The first kappa shape index (κ1) is 22.3. The number of nitrogens with one attached hydrogen (secondary N) is 3. The van der Waals surface area contributed by atoms with Crippen molar-refractivity contribution >= 4 is 33.7 Å². The predicted octanol–water partition coefficient (Wildman–Crippen LogP) is 5.54. The lowest BCUT2D eigenvalue weighted by Gasteiger charge is -2.10. The van der Waals surface area contributed by atoms with Gasteiger partial charge in [-0.05, 0) is 60.7 Å². The van der Waals surface area contributed by atoms with Gasteiger partial charge < -0.3 is 10.3 Å². The van der Waals surface area contributed by atoms with Gasteiger partial charge in [0.15, 0.2) is 11.5 Å². The molecule has 0 unspecified atom stereocenters. The van der Waals surface area contributed by atoms with E-state index >= 15 is 0 Å². The summed E-state index contributed by atoms with van der Waals surface area (Å²) in [5.74, 6) is 0.887. The first-order valence-corrected chi connectivity index (χ1v) is 12.7. The van der Waals surface area contributed by atoms with Crippen LogP contribution < -0.4 is 5.32 Å². The maximum atomic E-state index is 12.4. The molecule has 1 aliphatic carbocycles. The first-order chi connectivity index (χ1) is 18.7. The van der Waals surface area contributed by atoms with E-state index in [1.54, 1.807) is 18.6 Å². The lowest BCUT2D eigenvalue weighted by atomic mass is 10.0. The zero-order chi connectivity index (χ0) is 25.6. The van der Waals surface area contributed by atoms with Crippen molar-refractivity contribution in [3.05, 3.63) is 72.8 Å². The molecule has 9 nitrogen and oxygen atoms in total. The molecule has 0 radical (unpaired) electrons. The van der Waals surface area contributed by atoms with Crippen LogP contribution >= 0.6 is 0 Å². The van der Waals surface area contributed by atoms with Crippen LogP contribution in [0.15, 0.2) is 67.3 Å². The summed E-state index contributed by atoms with van der Waals surface area (Å²) in [6.45, 7) is 2.11. The molecule has 3 N–H and O–H groups in total. The molecule has 0 aliphatic heterocycles. The van der Waals surface area contributed by atoms with Crippen molar-refractivity contribution in [2.24, 2.45) is 5.92 Å². The highest BCUT2D eigenvalue weighted by molar-refractivity contribution is 5.97. The second-order valence-corrected chi connectivity index (χ2v) is 9.61. The highest BCUT2D eigenvalue weighted by atomic mass is 16.2. The number of pyridine rings is 3. The van der Waals surface area contributed by atoms with Crippen molar-refractivity contribution in [3.8, 4) is 33.9 Å². The van der Waals surface area contributed by atoms with Gasteiger partial charge in [0.05, 0.1) is 22.8 Å². The van der Waals surface area contributed by atoms with Gasteiger partial charge in [-0.15, -0.1) is 0 Å². The monoisotopic (exact) mass is 500 g/mol. The topological polar surface area (TPSA) is 125 Å². The number of nitrogens with zero attached hydrogens (tertiary/aromatic N) is 5. The maximum Gasteiger partial charge on any atom is 0.227 e. The zero-order valence-electron chi connectivity index (χ0n) is 20.7. The van der Waals surface area contributed by atoms with Gasteiger partial charge in [-0.25, -0.2) is 9.97 Å². The minimum atomic E-state index is 0.0966. The summed E-state index contributed by atoms with van der Waals surface area (Å²) in [6.07, 6.45) is 9.91. The van der Waals surface area contributed by atoms with Crippen LogP contribution in [0, 0.1) is 5.92 Å². The fourth-order valence-corrected chi connectivity index (χ4v) is 4.72. The predicted molar refractivity (Wildman–Crippen MR) is 146 cm³/mol. The molecule has 1 aromatic carbocycles. The number of fused-ring (bicyclic) bond motifs is 2. The number of H-pyrrole nitrogens is 2. The molecule has 38 heavy (non-hydrogen) atoms. The molecule has 5 heterocycles. The molecule has 6 aromatic rings. The zero-order valence-corrected chi connectivity index (χ0v) is 20.7. The summed E-state index contributed by atoms with van der Waals surface area (Å²) < 4.78 is 0. The average molecular weight is 501 g/mol. The molecule has 0 saturated heterocycles. The first-order valence-electron chi connectivity index (χ1n) is 12.7. The van der Waals surface area contributed by atoms with Crippen LogP contribution in [-0.4, -0.2) is 41.0 Å². The number of anilines is 1. The largest absolute Gasteiger partial charge is 0.335 e. The Bertz CT molecular complexity index is 1820. The minimum absolute atomic E-state index is 0.0966. The third kappa shape index (κ3) is 3.98. The summed E-state index contributed by atoms with van der Waals surface area (Å²) in [7, 11) is 0. The molecule has 0 bridgehead atoms. The number of amides is 1. The van der Waals surface area contributed by atoms with Gasteiger partial charge in [0, 0.05) is 41.3 Å². The molecule has 0 atom stereocenters. The van der Waals surface area contributed by atoms with Crippen LogP contribution in [0.1, 0.15) is 25.3 Å². The van der Waals surface area contributed by atoms with Crippen LogP contribution in [0.2, 0.25) is 0 Å². The second kappa shape index (κ2) is 8.88. The molecular formula is C29H24N8O. The van der Waals surface area contributed by atoms with Gasteiger partial charge >= 0.3 is 0 Å². The number of rotatable bonds is 6. The molecule has 186 valence electrons. The van der Waals surface area contributed by atoms with E-state index in [0.717, 1.165) is 75.0 Å². The van der Waals surface area contributed by atoms with Gasteiger partial charge in [0.25, 0.3) is 0 Å². The van der Waals surface area contributed by atoms with E-state index < -0.39 is 0 Å². The summed E-state index contributed by atoms with van der Waals surface area (Å²) in [5.41, 5.74) is 8.48. The Morgan fingerprint density at radius 1 is 1.05 bits per heavy atom. The van der Waals surface area contributed by atoms with Gasteiger partial charge in [-0.2, -0.15) is 5.10 Å². The van der Waals surface area contributed by atoms with E-state index in [9.17, 15) is 4.79 Å². The summed E-state index contributed by atoms with van der Waals surface area (Å²) in [4.78, 5) is 34.1. The highest BCUT2D eigenvalue weighted by Crippen LogP contribution is 2.34. The third-order valence-corrected chi connectivity index (χ3v) is 6.93. The Morgan fingerprint density at radius 3 is 2.79 bits per heavy atom. The van der Waals surface area contributed by atoms with Crippen molar-refractivity contribution in [2.75, 3.05) is 5.32 Å². The molecule has 5 aromatic heterocycles. The Labute approximate surface area is 217 Å². The standard InChI is InChI=1S/C29H24N8O/c1-2-16-9-18(11-20(10-16)33-29(38)17-6-7-17)19-12-21-26(36-37-27(21)32-13-19)28-34-24-15-30-14-22(25(24)35-28)23-5-3-4-8-31-23/h3-5,8-15,17H,2,6-7H2,1H3,(H,33,38)(H,34,35)(H,32,36,37). The number of hydrogen-bond acceptors (Lipinski definition) is 6. The molecule has 1 amide bonds. The van der Waals surface area contributed by atoms with E-state index in [1.807, 2.05) is 36.5 Å². The lowest BCUT2D eigenvalue weighted by molar-refractivity contribution is -0.117. The number of aromatic amines is 2. The summed E-state index contributed by atoms with van der Waals surface area (Å²) in [6, 6.07) is 14.0. The Kier molecular flexibility index (Phi) is 5.21. The number of aryl methyl sites for hydroxylation is 1. The van der Waals surface area contributed by atoms with Gasteiger partial charge in [-0.3, -0.25) is 19.9 Å². The number of imidazole rings is 1. The molecule has 9 heteroatoms. The van der Waals surface area contributed by atoms with Gasteiger partial charge in [-0.1, -0.05) is 19.1 Å². The fraction of sp³-hybridized carbons (Fsp3) is 0.172. The van der Waals surface area contributed by atoms with Crippen LogP contribution in [0.5, 0.6) is 0 Å². The van der Waals surface area contributed by atoms with E-state index in [2.05, 4.69) is 54.5 Å². The van der Waals surface area contributed by atoms with Crippen LogP contribution in [-0.2, 0) is 11.2 Å². The SMILES string of the molecule is CCc1cc(NC(=O)C2CC2)cc(-c2cnc3n[nH]c(-c4nc5c(-c6ccccn6)cncc5[nH]4)c3c2)c1. The Hall–Kier alpha value is -4.92. The van der Waals surface area contributed by atoms with Crippen LogP contribution in [0.25, 0.3) is 56.0 Å². The van der Waals surface area contributed by atoms with Crippen molar-refractivity contribution in [2.45, 2.75) is 26.2 Å². The fourth-order valence-electron chi connectivity index (χ4n) is 4.72. The molecular weight excluding hydrogens is 476 g/mol. The smallest absolute Gasteiger partial charge is 0.227 e. The number of hydrogen-bond donors (Lipinski definition) is 3. The van der Waals surface area contributed by atoms with Crippen molar-refractivity contribution < 1.29 is 4.79 Å². The molecule has 1 fully saturated rings. The highest BCUT2D eigenvalue weighted by Gasteiger charge is 2.29. The molecule has 1 aliphatic rings. The van der Waals surface area contributed by atoms with E-state index in [-0.39, 0.29) is 11.8 Å². The quantitative estimate of drug-likeness (QED) is 0.276.